The summed E-state index contributed by atoms with van der Waals surface area (Å²) >= 11 is 1.13. The Morgan fingerprint density at radius 3 is 2.41 bits per heavy atom. The number of hydrogen-bond donors (Lipinski definition) is 1. The number of ether oxygens (including phenoxy) is 3. The molecule has 184 valence electrons. The summed E-state index contributed by atoms with van der Waals surface area (Å²) in [5, 5.41) is 2.96. The highest BCUT2D eigenvalue weighted by Gasteiger charge is 2.16. The molecule has 1 aromatic carbocycles. The van der Waals surface area contributed by atoms with Crippen LogP contribution in [0.1, 0.15) is 44.6 Å². The van der Waals surface area contributed by atoms with Crippen LogP contribution in [-0.4, -0.2) is 43.8 Å². The average molecular weight is 489 g/mol. The third-order valence-corrected chi connectivity index (χ3v) is 6.81. The van der Waals surface area contributed by atoms with E-state index in [1.165, 1.54) is 29.9 Å². The van der Waals surface area contributed by atoms with E-state index in [2.05, 4.69) is 5.32 Å². The van der Waals surface area contributed by atoms with Crippen LogP contribution in [-0.2, 0) is 20.9 Å². The predicted octanol–water partition coefficient (Wildman–Crippen LogP) is 1.80. The van der Waals surface area contributed by atoms with E-state index in [1.54, 1.807) is 45.4 Å². The SMILES string of the molecule is CCOC(=O)/C=c1\s/c(=C\c2cc(OC)cc(OC)c2)c(=O)n1CC(=O)NCC1CCCCC1. The van der Waals surface area contributed by atoms with Gasteiger partial charge in [0, 0.05) is 12.6 Å². The summed E-state index contributed by atoms with van der Waals surface area (Å²) in [6.45, 7) is 2.37. The highest BCUT2D eigenvalue weighted by Crippen LogP contribution is 2.23. The van der Waals surface area contributed by atoms with Crippen molar-refractivity contribution in [2.24, 2.45) is 5.92 Å². The van der Waals surface area contributed by atoms with Crippen LogP contribution in [0.15, 0.2) is 23.0 Å². The summed E-state index contributed by atoms with van der Waals surface area (Å²) in [4.78, 5) is 38.0. The molecule has 0 atom stereocenters. The van der Waals surface area contributed by atoms with Crippen LogP contribution in [0.2, 0.25) is 0 Å². The zero-order valence-electron chi connectivity index (χ0n) is 19.9. The van der Waals surface area contributed by atoms with Gasteiger partial charge in [0.2, 0.25) is 5.91 Å². The molecule has 2 aromatic rings. The van der Waals surface area contributed by atoms with Gasteiger partial charge >= 0.3 is 5.97 Å². The van der Waals surface area contributed by atoms with Gasteiger partial charge < -0.3 is 19.5 Å². The summed E-state index contributed by atoms with van der Waals surface area (Å²) in [6, 6.07) is 5.29. The van der Waals surface area contributed by atoms with Crippen molar-refractivity contribution >= 4 is 35.4 Å². The average Bonchev–Trinajstić information content (AvgIpc) is 3.11. The Morgan fingerprint density at radius 2 is 1.79 bits per heavy atom. The van der Waals surface area contributed by atoms with Crippen LogP contribution in [0.3, 0.4) is 0 Å². The van der Waals surface area contributed by atoms with Gasteiger partial charge in [-0.25, -0.2) is 4.79 Å². The van der Waals surface area contributed by atoms with Gasteiger partial charge in [0.1, 0.15) is 22.7 Å². The number of methoxy groups -OCH3 is 2. The minimum absolute atomic E-state index is 0.164. The van der Waals surface area contributed by atoms with E-state index in [0.29, 0.717) is 38.7 Å². The van der Waals surface area contributed by atoms with Crippen molar-refractivity contribution in [1.29, 1.82) is 0 Å². The fraction of sp³-hybridized carbons (Fsp3) is 0.480. The molecule has 0 unspecified atom stereocenters. The number of nitrogens with zero attached hydrogens (tertiary/aromatic N) is 1. The number of aromatic nitrogens is 1. The van der Waals surface area contributed by atoms with E-state index in [1.807, 2.05) is 0 Å². The van der Waals surface area contributed by atoms with E-state index >= 15 is 0 Å². The lowest BCUT2D eigenvalue weighted by molar-refractivity contribution is -0.135. The van der Waals surface area contributed by atoms with Crippen molar-refractivity contribution in [2.45, 2.75) is 45.6 Å². The number of amides is 1. The van der Waals surface area contributed by atoms with Gasteiger partial charge in [0.25, 0.3) is 5.56 Å². The largest absolute Gasteiger partial charge is 0.497 e. The maximum absolute atomic E-state index is 13.2. The molecule has 9 heteroatoms. The molecule has 1 N–H and O–H groups in total. The van der Waals surface area contributed by atoms with Crippen LogP contribution in [0.4, 0.5) is 0 Å². The fourth-order valence-corrected chi connectivity index (χ4v) is 5.02. The number of nitrogens with one attached hydrogen (secondary N) is 1. The molecule has 1 aliphatic carbocycles. The number of carbonyl (C=O) groups excluding carboxylic acids is 2. The molecule has 1 fully saturated rings. The third kappa shape index (κ3) is 6.96. The molecule has 1 aliphatic rings. The lowest BCUT2D eigenvalue weighted by Gasteiger charge is -2.21. The Kier molecular flexibility index (Phi) is 9.33. The second-order valence-electron chi connectivity index (χ2n) is 8.19. The minimum atomic E-state index is -0.560. The normalized spacial score (nSPS) is 15.3. The molecular weight excluding hydrogens is 456 g/mol. The number of rotatable bonds is 9. The fourth-order valence-electron chi connectivity index (χ4n) is 3.99. The Balaban J connectivity index is 1.93. The molecule has 0 spiro atoms. The van der Waals surface area contributed by atoms with Crippen LogP contribution in [0, 0.1) is 5.92 Å². The molecule has 0 bridgehead atoms. The number of thiazole rings is 1. The maximum Gasteiger partial charge on any atom is 0.333 e. The Bertz CT molecular complexity index is 1150. The standard InChI is InChI=1S/C25H32N2O6S/c1-4-33-24(29)14-23-27(16-22(28)26-15-17-8-6-5-7-9-17)25(30)21(34-23)12-18-10-19(31-2)13-20(11-18)32-3/h10-14,17H,4-9,15-16H2,1-3H3,(H,26,28)/b21-12-,23-14-. The zero-order valence-corrected chi connectivity index (χ0v) is 20.7. The highest BCUT2D eigenvalue weighted by atomic mass is 32.1. The first-order chi connectivity index (χ1) is 16.4. The topological polar surface area (TPSA) is 95.9 Å². The van der Waals surface area contributed by atoms with Crippen molar-refractivity contribution < 1.29 is 23.8 Å². The van der Waals surface area contributed by atoms with Gasteiger partial charge in [-0.1, -0.05) is 19.3 Å². The molecule has 8 nitrogen and oxygen atoms in total. The number of benzene rings is 1. The molecule has 1 amide bonds. The summed E-state index contributed by atoms with van der Waals surface area (Å²) in [6.07, 6.45) is 8.81. The van der Waals surface area contributed by atoms with E-state index in [9.17, 15) is 14.4 Å². The minimum Gasteiger partial charge on any atom is -0.497 e. The Labute approximate surface area is 202 Å². The summed E-state index contributed by atoms with van der Waals surface area (Å²) < 4.78 is 17.7. The summed E-state index contributed by atoms with van der Waals surface area (Å²) in [7, 11) is 3.10. The lowest BCUT2D eigenvalue weighted by Crippen LogP contribution is -2.39. The van der Waals surface area contributed by atoms with Gasteiger partial charge in [0.15, 0.2) is 0 Å². The molecule has 1 heterocycles. The van der Waals surface area contributed by atoms with Crippen molar-refractivity contribution in [3.8, 4) is 11.5 Å². The number of carbonyl (C=O) groups is 2. The van der Waals surface area contributed by atoms with Crippen molar-refractivity contribution in [2.75, 3.05) is 27.4 Å². The smallest absolute Gasteiger partial charge is 0.333 e. The van der Waals surface area contributed by atoms with Crippen molar-refractivity contribution in [1.82, 2.24) is 9.88 Å². The van der Waals surface area contributed by atoms with E-state index in [-0.39, 0.29) is 24.6 Å². The van der Waals surface area contributed by atoms with E-state index < -0.39 is 5.97 Å². The van der Waals surface area contributed by atoms with Crippen molar-refractivity contribution in [3.63, 3.8) is 0 Å². The van der Waals surface area contributed by atoms with Gasteiger partial charge in [0.05, 0.1) is 31.4 Å². The van der Waals surface area contributed by atoms with Gasteiger partial charge in [-0.15, -0.1) is 11.3 Å². The summed E-state index contributed by atoms with van der Waals surface area (Å²) in [5.74, 6) is 0.841. The second kappa shape index (κ2) is 12.4. The van der Waals surface area contributed by atoms with Gasteiger partial charge in [-0.2, -0.15) is 0 Å². The van der Waals surface area contributed by atoms with Gasteiger partial charge in [-0.05, 0) is 49.5 Å². The maximum atomic E-state index is 13.2. The van der Waals surface area contributed by atoms with Crippen LogP contribution in [0.5, 0.6) is 11.5 Å². The Hall–Kier alpha value is -3.07. The molecule has 1 aromatic heterocycles. The molecule has 0 saturated heterocycles. The lowest BCUT2D eigenvalue weighted by atomic mass is 9.89. The monoisotopic (exact) mass is 488 g/mol. The van der Waals surface area contributed by atoms with Crippen LogP contribution in [0.25, 0.3) is 12.2 Å². The number of hydrogen-bond acceptors (Lipinski definition) is 7. The third-order valence-electron chi connectivity index (χ3n) is 5.75. The zero-order chi connectivity index (χ0) is 24.5. The van der Waals surface area contributed by atoms with E-state index in [4.69, 9.17) is 14.2 Å². The molecule has 34 heavy (non-hydrogen) atoms. The molecule has 0 aliphatic heterocycles. The molecule has 0 radical (unpaired) electrons. The van der Waals surface area contributed by atoms with Crippen LogP contribution >= 0.6 is 11.3 Å². The molecule has 3 rings (SSSR count). The summed E-state index contributed by atoms with van der Waals surface area (Å²) in [5.41, 5.74) is 0.348. The second-order valence-corrected chi connectivity index (χ2v) is 9.25. The molecular formula is C25H32N2O6S. The van der Waals surface area contributed by atoms with Gasteiger partial charge in [-0.3, -0.25) is 14.2 Å². The first kappa shape index (κ1) is 25.6. The predicted molar refractivity (Wildman–Crippen MR) is 132 cm³/mol. The first-order valence-corrected chi connectivity index (χ1v) is 12.3. The first-order valence-electron chi connectivity index (χ1n) is 11.5. The molecule has 1 saturated carbocycles. The number of esters is 1. The highest BCUT2D eigenvalue weighted by molar-refractivity contribution is 7.07. The quantitative estimate of drug-likeness (QED) is 0.541. The van der Waals surface area contributed by atoms with E-state index in [0.717, 1.165) is 24.2 Å². The van der Waals surface area contributed by atoms with Crippen LogP contribution < -0.4 is 29.5 Å². The van der Waals surface area contributed by atoms with Crippen molar-refractivity contribution in [3.05, 3.63) is 43.3 Å². The Morgan fingerprint density at radius 1 is 1.12 bits per heavy atom.